The van der Waals surface area contributed by atoms with E-state index in [2.05, 4.69) is 10.6 Å². The van der Waals surface area contributed by atoms with E-state index in [0.717, 1.165) is 19.5 Å². The Kier molecular flexibility index (Phi) is 5.13. The molecular weight excluding hydrogens is 236 g/mol. The zero-order valence-corrected chi connectivity index (χ0v) is 12.0. The van der Waals surface area contributed by atoms with E-state index in [0.29, 0.717) is 11.7 Å². The van der Waals surface area contributed by atoms with Crippen LogP contribution >= 0.6 is 0 Å². The number of amides is 1. The number of carbonyl (C=O) groups is 1. The summed E-state index contributed by atoms with van der Waals surface area (Å²) in [7, 11) is -1.06. The summed E-state index contributed by atoms with van der Waals surface area (Å²) in [5.41, 5.74) is -0.215. The van der Waals surface area contributed by atoms with Crippen LogP contribution in [0, 0.1) is 5.92 Å². The second-order valence-corrected chi connectivity index (χ2v) is 7.24. The summed E-state index contributed by atoms with van der Waals surface area (Å²) in [4.78, 5) is 11.9. The smallest absolute Gasteiger partial charge is 0.235 e. The lowest BCUT2D eigenvalue weighted by Crippen LogP contribution is -2.50. The molecule has 0 aliphatic carbocycles. The van der Waals surface area contributed by atoms with Gasteiger partial charge in [0.05, 0.1) is 0 Å². The fourth-order valence-electron chi connectivity index (χ4n) is 1.49. The van der Waals surface area contributed by atoms with E-state index >= 15 is 0 Å². The molecule has 0 aromatic rings. The van der Waals surface area contributed by atoms with Gasteiger partial charge in [0.25, 0.3) is 0 Å². The third-order valence-electron chi connectivity index (χ3n) is 3.38. The highest BCUT2D eigenvalue weighted by Gasteiger charge is 2.28. The standard InChI is InChI=1S/C12H24N2O2S/c1-5-12(3,4)14-11(15)9(2)17(16)8-10-6-13-7-10/h9-10,13H,5-8H2,1-4H3,(H,14,15). The fraction of sp³-hybridized carbons (Fsp3) is 0.917. The number of rotatable bonds is 6. The Bertz CT molecular complexity index is 301. The predicted molar refractivity (Wildman–Crippen MR) is 71.3 cm³/mol. The second-order valence-electron chi connectivity index (χ2n) is 5.44. The summed E-state index contributed by atoms with van der Waals surface area (Å²) >= 11 is 0. The van der Waals surface area contributed by atoms with Crippen molar-refractivity contribution in [3.05, 3.63) is 0 Å². The lowest BCUT2D eigenvalue weighted by molar-refractivity contribution is -0.121. The van der Waals surface area contributed by atoms with Crippen LogP contribution < -0.4 is 10.6 Å². The highest BCUT2D eigenvalue weighted by molar-refractivity contribution is 7.86. The highest BCUT2D eigenvalue weighted by atomic mass is 32.2. The topological polar surface area (TPSA) is 58.2 Å². The Balaban J connectivity index is 2.42. The first-order valence-electron chi connectivity index (χ1n) is 6.25. The summed E-state index contributed by atoms with van der Waals surface area (Å²) < 4.78 is 12.0. The molecule has 0 saturated carbocycles. The molecule has 1 aliphatic rings. The van der Waals surface area contributed by atoms with Gasteiger partial charge in [-0.1, -0.05) is 6.92 Å². The van der Waals surface area contributed by atoms with E-state index in [1.807, 2.05) is 20.8 Å². The Morgan fingerprint density at radius 3 is 2.53 bits per heavy atom. The van der Waals surface area contributed by atoms with Gasteiger partial charge < -0.3 is 10.6 Å². The first-order valence-corrected chi connectivity index (χ1v) is 7.64. The van der Waals surface area contributed by atoms with Crippen molar-refractivity contribution in [2.45, 2.75) is 44.9 Å². The van der Waals surface area contributed by atoms with Gasteiger partial charge in [0, 0.05) is 35.2 Å². The summed E-state index contributed by atoms with van der Waals surface area (Å²) in [5.74, 6) is 1.02. The SMILES string of the molecule is CCC(C)(C)NC(=O)C(C)S(=O)CC1CNC1. The minimum Gasteiger partial charge on any atom is -0.350 e. The molecule has 1 amide bonds. The Hall–Kier alpha value is -0.420. The molecule has 1 heterocycles. The van der Waals surface area contributed by atoms with E-state index in [1.54, 1.807) is 6.92 Å². The molecule has 1 saturated heterocycles. The van der Waals surface area contributed by atoms with Crippen LogP contribution in [0.5, 0.6) is 0 Å². The van der Waals surface area contributed by atoms with Crippen molar-refractivity contribution in [2.75, 3.05) is 18.8 Å². The molecule has 0 aromatic heterocycles. The van der Waals surface area contributed by atoms with Crippen molar-refractivity contribution in [3.8, 4) is 0 Å². The van der Waals surface area contributed by atoms with Crippen LogP contribution in [-0.4, -0.2) is 39.7 Å². The number of hydrogen-bond donors (Lipinski definition) is 2. The summed E-state index contributed by atoms with van der Waals surface area (Å²) in [5, 5.41) is 5.68. The molecule has 0 aromatic carbocycles. The molecule has 1 rings (SSSR count). The van der Waals surface area contributed by atoms with Crippen molar-refractivity contribution in [2.24, 2.45) is 5.92 Å². The Morgan fingerprint density at radius 1 is 1.53 bits per heavy atom. The van der Waals surface area contributed by atoms with Gasteiger partial charge in [-0.3, -0.25) is 9.00 Å². The molecule has 0 radical (unpaired) electrons. The molecule has 1 aliphatic heterocycles. The molecule has 2 unspecified atom stereocenters. The van der Waals surface area contributed by atoms with Crippen LogP contribution in [0.4, 0.5) is 0 Å². The lowest BCUT2D eigenvalue weighted by atomic mass is 10.0. The van der Waals surface area contributed by atoms with Gasteiger partial charge in [-0.2, -0.15) is 0 Å². The van der Waals surface area contributed by atoms with E-state index in [1.165, 1.54) is 0 Å². The first kappa shape index (κ1) is 14.6. The zero-order chi connectivity index (χ0) is 13.1. The number of hydrogen-bond acceptors (Lipinski definition) is 3. The fourth-order valence-corrected chi connectivity index (χ4v) is 2.77. The van der Waals surface area contributed by atoms with Gasteiger partial charge in [0.1, 0.15) is 5.25 Å². The molecule has 100 valence electrons. The van der Waals surface area contributed by atoms with Crippen LogP contribution in [0.1, 0.15) is 34.1 Å². The summed E-state index contributed by atoms with van der Waals surface area (Å²) in [6.45, 7) is 9.61. The molecule has 1 fully saturated rings. The monoisotopic (exact) mass is 260 g/mol. The highest BCUT2D eigenvalue weighted by Crippen LogP contribution is 2.11. The number of nitrogens with one attached hydrogen (secondary N) is 2. The molecular formula is C12H24N2O2S. The minimum absolute atomic E-state index is 0.0949. The van der Waals surface area contributed by atoms with Crippen LogP contribution in [-0.2, 0) is 15.6 Å². The van der Waals surface area contributed by atoms with Crippen LogP contribution in [0.2, 0.25) is 0 Å². The quantitative estimate of drug-likeness (QED) is 0.737. The maximum absolute atomic E-state index is 12.0. The summed E-state index contributed by atoms with van der Waals surface area (Å²) in [6, 6.07) is 0. The molecule has 2 atom stereocenters. The van der Waals surface area contributed by atoms with Crippen molar-refractivity contribution < 1.29 is 9.00 Å². The number of carbonyl (C=O) groups excluding carboxylic acids is 1. The van der Waals surface area contributed by atoms with Gasteiger partial charge >= 0.3 is 0 Å². The van der Waals surface area contributed by atoms with E-state index in [-0.39, 0.29) is 11.4 Å². The van der Waals surface area contributed by atoms with E-state index in [4.69, 9.17) is 0 Å². The van der Waals surface area contributed by atoms with Crippen molar-refractivity contribution in [1.29, 1.82) is 0 Å². The average molecular weight is 260 g/mol. The average Bonchev–Trinajstić information content (AvgIpc) is 2.21. The Labute approximate surface area is 106 Å². The minimum atomic E-state index is -1.06. The predicted octanol–water partition coefficient (Wildman–Crippen LogP) is 0.648. The van der Waals surface area contributed by atoms with Crippen molar-refractivity contribution >= 4 is 16.7 Å². The first-order chi connectivity index (χ1) is 7.85. The van der Waals surface area contributed by atoms with Crippen molar-refractivity contribution in [3.63, 3.8) is 0 Å². The van der Waals surface area contributed by atoms with Crippen LogP contribution in [0.15, 0.2) is 0 Å². The van der Waals surface area contributed by atoms with Crippen LogP contribution in [0.25, 0.3) is 0 Å². The molecule has 0 bridgehead atoms. The zero-order valence-electron chi connectivity index (χ0n) is 11.2. The molecule has 5 heteroatoms. The maximum atomic E-state index is 12.0. The van der Waals surface area contributed by atoms with Crippen LogP contribution in [0.3, 0.4) is 0 Å². The van der Waals surface area contributed by atoms with Crippen molar-refractivity contribution in [1.82, 2.24) is 10.6 Å². The van der Waals surface area contributed by atoms with Gasteiger partial charge in [-0.25, -0.2) is 0 Å². The van der Waals surface area contributed by atoms with Gasteiger partial charge in [0.2, 0.25) is 5.91 Å². The summed E-state index contributed by atoms with van der Waals surface area (Å²) in [6.07, 6.45) is 0.866. The lowest BCUT2D eigenvalue weighted by Gasteiger charge is -2.29. The molecule has 4 nitrogen and oxygen atoms in total. The third-order valence-corrected chi connectivity index (χ3v) is 5.18. The molecule has 2 N–H and O–H groups in total. The van der Waals surface area contributed by atoms with Gasteiger partial charge in [-0.15, -0.1) is 0 Å². The van der Waals surface area contributed by atoms with E-state index in [9.17, 15) is 9.00 Å². The van der Waals surface area contributed by atoms with E-state index < -0.39 is 16.0 Å². The molecule has 17 heavy (non-hydrogen) atoms. The molecule has 0 spiro atoms. The Morgan fingerprint density at radius 2 is 2.12 bits per heavy atom. The normalized spacial score (nSPS) is 20.5. The maximum Gasteiger partial charge on any atom is 0.235 e. The second kappa shape index (κ2) is 5.96. The van der Waals surface area contributed by atoms with Gasteiger partial charge in [0.15, 0.2) is 0 Å². The third kappa shape index (κ3) is 4.39. The van der Waals surface area contributed by atoms with Gasteiger partial charge in [-0.05, 0) is 33.1 Å². The largest absolute Gasteiger partial charge is 0.350 e.